The summed E-state index contributed by atoms with van der Waals surface area (Å²) in [7, 11) is 0. The van der Waals surface area contributed by atoms with Gasteiger partial charge in [0, 0.05) is 13.0 Å². The third-order valence-corrected chi connectivity index (χ3v) is 2.41. The average molecular weight is 266 g/mol. The van der Waals surface area contributed by atoms with Crippen molar-refractivity contribution in [1.29, 1.82) is 0 Å². The molecule has 1 aromatic rings. The van der Waals surface area contributed by atoms with Crippen LogP contribution in [0.15, 0.2) is 30.3 Å². The molecule has 19 heavy (non-hydrogen) atoms. The molecule has 4 N–H and O–H groups in total. The number of nitrogens with one attached hydrogen (secondary N) is 1. The minimum Gasteiger partial charge on any atom is -0.480 e. The van der Waals surface area contributed by atoms with Gasteiger partial charge >= 0.3 is 5.97 Å². The first-order valence-electron chi connectivity index (χ1n) is 5.97. The van der Waals surface area contributed by atoms with Crippen LogP contribution in [-0.2, 0) is 20.7 Å². The number of amides is 1. The Morgan fingerprint density at radius 3 is 2.58 bits per heavy atom. The number of carboxylic acids is 1. The Morgan fingerprint density at radius 2 is 2.00 bits per heavy atom. The topological polar surface area (TPSA) is 102 Å². The van der Waals surface area contributed by atoms with Gasteiger partial charge in [0.25, 0.3) is 0 Å². The Hall–Kier alpha value is -1.92. The van der Waals surface area contributed by atoms with Crippen LogP contribution in [0.3, 0.4) is 0 Å². The molecule has 1 rings (SSSR count). The minimum atomic E-state index is -1.07. The molecule has 0 saturated heterocycles. The van der Waals surface area contributed by atoms with Crippen molar-refractivity contribution in [2.75, 3.05) is 19.8 Å². The second-order valence-corrected chi connectivity index (χ2v) is 3.99. The van der Waals surface area contributed by atoms with Crippen molar-refractivity contribution in [2.24, 2.45) is 5.73 Å². The number of hydrogen-bond donors (Lipinski definition) is 3. The number of carbonyl (C=O) groups excluding carboxylic acids is 1. The summed E-state index contributed by atoms with van der Waals surface area (Å²) in [5.74, 6) is -1.53. The number of carboxylic acid groups (broad SMARTS) is 1. The second kappa shape index (κ2) is 8.23. The van der Waals surface area contributed by atoms with E-state index in [9.17, 15) is 9.59 Å². The molecule has 6 heteroatoms. The molecule has 0 radical (unpaired) electrons. The first kappa shape index (κ1) is 15.1. The molecule has 0 bridgehead atoms. The average Bonchev–Trinajstić information content (AvgIpc) is 2.39. The summed E-state index contributed by atoms with van der Waals surface area (Å²) >= 11 is 0. The van der Waals surface area contributed by atoms with E-state index < -0.39 is 17.9 Å². The second-order valence-electron chi connectivity index (χ2n) is 3.99. The van der Waals surface area contributed by atoms with E-state index in [0.717, 1.165) is 5.56 Å². The van der Waals surface area contributed by atoms with Crippen molar-refractivity contribution < 1.29 is 19.4 Å². The van der Waals surface area contributed by atoms with Crippen LogP contribution in [0.1, 0.15) is 5.56 Å². The highest BCUT2D eigenvalue weighted by molar-refractivity contribution is 5.84. The smallest absolute Gasteiger partial charge is 0.326 e. The Morgan fingerprint density at radius 1 is 1.32 bits per heavy atom. The molecular formula is C13H18N2O4. The molecule has 0 spiro atoms. The molecule has 0 aliphatic rings. The van der Waals surface area contributed by atoms with E-state index in [2.05, 4.69) is 5.32 Å². The fourth-order valence-electron chi connectivity index (χ4n) is 1.53. The number of benzene rings is 1. The number of aliphatic carboxylic acids is 1. The molecular weight excluding hydrogens is 248 g/mol. The maximum Gasteiger partial charge on any atom is 0.326 e. The Kier molecular flexibility index (Phi) is 6.56. The zero-order valence-electron chi connectivity index (χ0n) is 10.5. The highest BCUT2D eigenvalue weighted by atomic mass is 16.5. The number of carbonyl (C=O) groups is 2. The van der Waals surface area contributed by atoms with Crippen LogP contribution in [0.5, 0.6) is 0 Å². The molecule has 0 heterocycles. The summed E-state index contributed by atoms with van der Waals surface area (Å²) in [5, 5.41) is 11.5. The van der Waals surface area contributed by atoms with Gasteiger partial charge in [-0.25, -0.2) is 4.79 Å². The fourth-order valence-corrected chi connectivity index (χ4v) is 1.53. The molecule has 0 saturated carbocycles. The maximum absolute atomic E-state index is 11.5. The van der Waals surface area contributed by atoms with E-state index in [4.69, 9.17) is 15.6 Å². The molecule has 0 unspecified atom stereocenters. The first-order chi connectivity index (χ1) is 9.13. The van der Waals surface area contributed by atoms with Crippen LogP contribution >= 0.6 is 0 Å². The highest BCUT2D eigenvalue weighted by Gasteiger charge is 2.20. The third kappa shape index (κ3) is 5.98. The summed E-state index contributed by atoms with van der Waals surface area (Å²) in [6.45, 7) is 0.402. The quantitative estimate of drug-likeness (QED) is 0.564. The highest BCUT2D eigenvalue weighted by Crippen LogP contribution is 2.03. The Balaban J connectivity index is 2.49. The van der Waals surface area contributed by atoms with Gasteiger partial charge in [-0.2, -0.15) is 0 Å². The van der Waals surface area contributed by atoms with Crippen LogP contribution in [0.2, 0.25) is 0 Å². The SMILES string of the molecule is NCCOCC(=O)N[C@@H](Cc1ccccc1)C(=O)O. The third-order valence-electron chi connectivity index (χ3n) is 2.41. The van der Waals surface area contributed by atoms with E-state index in [1.54, 1.807) is 0 Å². The maximum atomic E-state index is 11.5. The zero-order chi connectivity index (χ0) is 14.1. The summed E-state index contributed by atoms with van der Waals surface area (Å²) in [6.07, 6.45) is 0.235. The van der Waals surface area contributed by atoms with Gasteiger partial charge in [0.05, 0.1) is 6.61 Å². The normalized spacial score (nSPS) is 11.8. The van der Waals surface area contributed by atoms with E-state index in [1.807, 2.05) is 30.3 Å². The van der Waals surface area contributed by atoms with Crippen molar-refractivity contribution in [2.45, 2.75) is 12.5 Å². The minimum absolute atomic E-state index is 0.185. The van der Waals surface area contributed by atoms with Crippen molar-refractivity contribution in [3.8, 4) is 0 Å². The number of nitrogens with two attached hydrogens (primary N) is 1. The first-order valence-corrected chi connectivity index (χ1v) is 5.97. The molecule has 1 amide bonds. The van der Waals surface area contributed by atoms with E-state index in [-0.39, 0.29) is 19.6 Å². The predicted octanol–water partition coefficient (Wildman–Crippen LogP) is -0.226. The van der Waals surface area contributed by atoms with Crippen molar-refractivity contribution in [1.82, 2.24) is 5.32 Å². The molecule has 1 atom stereocenters. The fraction of sp³-hybridized carbons (Fsp3) is 0.385. The van der Waals surface area contributed by atoms with Crippen molar-refractivity contribution >= 4 is 11.9 Å². The van der Waals surface area contributed by atoms with E-state index in [0.29, 0.717) is 6.54 Å². The van der Waals surface area contributed by atoms with Gasteiger partial charge in [0.15, 0.2) is 0 Å². The molecule has 104 valence electrons. The van der Waals surface area contributed by atoms with Gasteiger partial charge in [-0.3, -0.25) is 4.79 Å². The summed E-state index contributed by atoms with van der Waals surface area (Å²) < 4.78 is 4.95. The number of rotatable bonds is 8. The van der Waals surface area contributed by atoms with Crippen molar-refractivity contribution in [3.63, 3.8) is 0 Å². The zero-order valence-corrected chi connectivity index (χ0v) is 10.5. The van der Waals surface area contributed by atoms with Gasteiger partial charge in [-0.05, 0) is 5.56 Å². The van der Waals surface area contributed by atoms with Gasteiger partial charge in [0.2, 0.25) is 5.91 Å². The lowest BCUT2D eigenvalue weighted by Crippen LogP contribution is -2.44. The van der Waals surface area contributed by atoms with E-state index in [1.165, 1.54) is 0 Å². The molecule has 1 aromatic carbocycles. The van der Waals surface area contributed by atoms with Crippen LogP contribution in [0, 0.1) is 0 Å². The molecule has 0 aliphatic heterocycles. The predicted molar refractivity (Wildman–Crippen MR) is 69.6 cm³/mol. The van der Waals surface area contributed by atoms with Gasteiger partial charge in [-0.15, -0.1) is 0 Å². The lowest BCUT2D eigenvalue weighted by atomic mass is 10.1. The van der Waals surface area contributed by atoms with Crippen LogP contribution in [0.4, 0.5) is 0 Å². The van der Waals surface area contributed by atoms with Crippen LogP contribution in [-0.4, -0.2) is 42.8 Å². The van der Waals surface area contributed by atoms with Gasteiger partial charge < -0.3 is 20.9 Å². The molecule has 0 aliphatic carbocycles. The monoisotopic (exact) mass is 266 g/mol. The summed E-state index contributed by atoms with van der Waals surface area (Å²) in [4.78, 5) is 22.6. The standard InChI is InChI=1S/C13H18N2O4/c14-6-7-19-9-12(16)15-11(13(17)18)8-10-4-2-1-3-5-10/h1-5,11H,6-9,14H2,(H,15,16)(H,17,18)/t11-/m0/s1. The van der Waals surface area contributed by atoms with Crippen LogP contribution < -0.4 is 11.1 Å². The summed E-state index contributed by atoms with van der Waals surface area (Å²) in [6, 6.07) is 8.15. The number of hydrogen-bond acceptors (Lipinski definition) is 4. The van der Waals surface area contributed by atoms with Crippen molar-refractivity contribution in [3.05, 3.63) is 35.9 Å². The molecule has 0 fully saturated rings. The Bertz CT molecular complexity index is 408. The van der Waals surface area contributed by atoms with Gasteiger partial charge in [-0.1, -0.05) is 30.3 Å². The van der Waals surface area contributed by atoms with Crippen LogP contribution in [0.25, 0.3) is 0 Å². The van der Waals surface area contributed by atoms with Gasteiger partial charge in [0.1, 0.15) is 12.6 Å². The molecule has 6 nitrogen and oxygen atoms in total. The lowest BCUT2D eigenvalue weighted by molar-refractivity contribution is -0.142. The largest absolute Gasteiger partial charge is 0.480 e. The van der Waals surface area contributed by atoms with E-state index >= 15 is 0 Å². The Labute approximate surface area is 111 Å². The molecule has 0 aromatic heterocycles. The summed E-state index contributed by atoms with van der Waals surface area (Å²) in [5.41, 5.74) is 6.06. The number of ether oxygens (including phenoxy) is 1. The lowest BCUT2D eigenvalue weighted by Gasteiger charge is -2.14.